The van der Waals surface area contributed by atoms with Crippen molar-refractivity contribution >= 4 is 28.8 Å². The van der Waals surface area contributed by atoms with E-state index in [9.17, 15) is 14.0 Å². The molecule has 0 aliphatic carbocycles. The topological polar surface area (TPSA) is 54.3 Å². The lowest BCUT2D eigenvalue weighted by Gasteiger charge is -2.19. The Balaban J connectivity index is 2.03. The Bertz CT molecular complexity index is 1120. The summed E-state index contributed by atoms with van der Waals surface area (Å²) in [6, 6.07) is 13.6. The van der Waals surface area contributed by atoms with Gasteiger partial charge in [0.15, 0.2) is 0 Å². The number of nitrogens with zero attached hydrogens (tertiary/aromatic N) is 2. The number of carbonyl (C=O) groups excluding carboxylic acids is 2. The van der Waals surface area contributed by atoms with Gasteiger partial charge in [-0.1, -0.05) is 43.7 Å². The third kappa shape index (κ3) is 5.02. The first-order valence-corrected chi connectivity index (χ1v) is 10.6. The third-order valence-corrected chi connectivity index (χ3v) is 5.25. The fourth-order valence-electron chi connectivity index (χ4n) is 3.50. The van der Waals surface area contributed by atoms with Crippen LogP contribution in [0.1, 0.15) is 42.6 Å². The molecule has 0 spiro atoms. The minimum Gasteiger partial charge on any atom is -0.347 e. The molecule has 0 atom stereocenters. The van der Waals surface area contributed by atoms with E-state index in [1.165, 1.54) is 18.2 Å². The molecule has 0 aliphatic rings. The molecule has 0 unspecified atom stereocenters. The highest BCUT2D eigenvalue weighted by Gasteiger charge is 2.20. The van der Waals surface area contributed by atoms with Crippen LogP contribution in [0.5, 0.6) is 0 Å². The highest BCUT2D eigenvalue weighted by Crippen LogP contribution is 2.24. The molecule has 2 aromatic carbocycles. The van der Waals surface area contributed by atoms with Crippen molar-refractivity contribution in [3.63, 3.8) is 0 Å². The van der Waals surface area contributed by atoms with E-state index >= 15 is 0 Å². The van der Waals surface area contributed by atoms with E-state index in [1.54, 1.807) is 24.1 Å². The van der Waals surface area contributed by atoms with Gasteiger partial charge < -0.3 is 14.8 Å². The summed E-state index contributed by atoms with van der Waals surface area (Å²) in [6.07, 6.45) is 5.44. The molecule has 0 bridgehead atoms. The van der Waals surface area contributed by atoms with Crippen LogP contribution in [0.3, 0.4) is 0 Å². The number of halogens is 1. The van der Waals surface area contributed by atoms with Crippen molar-refractivity contribution in [2.75, 3.05) is 13.6 Å². The van der Waals surface area contributed by atoms with Crippen LogP contribution < -0.4 is 5.32 Å². The van der Waals surface area contributed by atoms with Crippen molar-refractivity contribution in [3.05, 3.63) is 77.4 Å². The number of fused-ring (bicyclic) bond motifs is 1. The highest BCUT2D eigenvalue weighted by atomic mass is 19.1. The minimum atomic E-state index is -0.652. The Morgan fingerprint density at radius 1 is 1.10 bits per heavy atom. The van der Waals surface area contributed by atoms with Crippen LogP contribution in [0.4, 0.5) is 4.39 Å². The van der Waals surface area contributed by atoms with Crippen LogP contribution in [-0.2, 0) is 11.3 Å². The maximum atomic E-state index is 14.1. The zero-order valence-electron chi connectivity index (χ0n) is 18.2. The van der Waals surface area contributed by atoms with E-state index in [2.05, 4.69) is 16.8 Å². The molecule has 0 fully saturated rings. The van der Waals surface area contributed by atoms with Gasteiger partial charge in [-0.25, -0.2) is 4.39 Å². The van der Waals surface area contributed by atoms with Crippen LogP contribution in [0.2, 0.25) is 0 Å². The molecule has 3 rings (SSSR count). The third-order valence-electron chi connectivity index (χ3n) is 5.25. The molecule has 0 saturated heterocycles. The van der Waals surface area contributed by atoms with Gasteiger partial charge in [0.25, 0.3) is 11.8 Å². The van der Waals surface area contributed by atoms with Gasteiger partial charge >= 0.3 is 0 Å². The zero-order valence-corrected chi connectivity index (χ0v) is 18.2. The van der Waals surface area contributed by atoms with Crippen LogP contribution >= 0.6 is 0 Å². The summed E-state index contributed by atoms with van der Waals surface area (Å²) in [6.45, 7) is 5.44. The Hall–Kier alpha value is -3.41. The average Bonchev–Trinajstić information content (AvgIpc) is 3.14. The van der Waals surface area contributed by atoms with Crippen LogP contribution in [-0.4, -0.2) is 34.9 Å². The maximum Gasteiger partial charge on any atom is 0.270 e. The van der Waals surface area contributed by atoms with E-state index in [4.69, 9.17) is 0 Å². The van der Waals surface area contributed by atoms with E-state index in [-0.39, 0.29) is 17.2 Å². The molecule has 31 heavy (non-hydrogen) atoms. The van der Waals surface area contributed by atoms with Crippen molar-refractivity contribution in [2.24, 2.45) is 0 Å². The lowest BCUT2D eigenvalue weighted by atomic mass is 10.1. The number of nitrogens with one attached hydrogen (secondary N) is 1. The molecule has 6 heteroatoms. The fraction of sp³-hybridized carbons (Fsp3) is 0.280. The molecule has 1 N–H and O–H groups in total. The maximum absolute atomic E-state index is 14.1. The molecule has 1 aromatic heterocycles. The summed E-state index contributed by atoms with van der Waals surface area (Å²) in [5.74, 6) is -1.60. The first kappa shape index (κ1) is 22.3. The Morgan fingerprint density at radius 2 is 1.81 bits per heavy atom. The van der Waals surface area contributed by atoms with Crippen molar-refractivity contribution < 1.29 is 14.0 Å². The Kier molecular flexibility index (Phi) is 7.23. The number of likely N-dealkylation sites (N-methyl/N-ethyl adjacent to an activating group) is 1. The van der Waals surface area contributed by atoms with Gasteiger partial charge in [0.2, 0.25) is 0 Å². The number of aromatic nitrogens is 1. The van der Waals surface area contributed by atoms with Crippen molar-refractivity contribution in [3.8, 4) is 0 Å². The van der Waals surface area contributed by atoms with E-state index < -0.39 is 11.7 Å². The number of hydrogen-bond donors (Lipinski definition) is 1. The molecular formula is C25H28FN3O2. The lowest BCUT2D eigenvalue weighted by molar-refractivity contribution is -0.126. The van der Waals surface area contributed by atoms with Gasteiger partial charge in [0, 0.05) is 42.8 Å². The number of hydrogen-bond acceptors (Lipinski definition) is 2. The van der Waals surface area contributed by atoms with Crippen LogP contribution in [0.25, 0.3) is 17.0 Å². The number of carbonyl (C=O) groups is 2. The first-order valence-electron chi connectivity index (χ1n) is 10.6. The van der Waals surface area contributed by atoms with Gasteiger partial charge in [-0.2, -0.15) is 0 Å². The molecule has 1 heterocycles. The SMILES string of the molecule is CCCCN(C)C(=O)/C(=C/c1cn(CC)c2ccccc12)NC(=O)c1ccccc1F. The van der Waals surface area contributed by atoms with Gasteiger partial charge in [-0.15, -0.1) is 0 Å². The average molecular weight is 422 g/mol. The largest absolute Gasteiger partial charge is 0.347 e. The number of benzene rings is 2. The summed E-state index contributed by atoms with van der Waals surface area (Å²) < 4.78 is 16.2. The van der Waals surface area contributed by atoms with E-state index in [0.29, 0.717) is 6.54 Å². The number of unbranched alkanes of at least 4 members (excludes halogenated alkanes) is 1. The number of rotatable bonds is 8. The summed E-state index contributed by atoms with van der Waals surface area (Å²) in [7, 11) is 1.70. The second kappa shape index (κ2) is 10.1. The summed E-state index contributed by atoms with van der Waals surface area (Å²) in [5, 5.41) is 3.63. The fourth-order valence-corrected chi connectivity index (χ4v) is 3.50. The predicted molar refractivity (Wildman–Crippen MR) is 122 cm³/mol. The molecule has 162 valence electrons. The minimum absolute atomic E-state index is 0.103. The Morgan fingerprint density at radius 3 is 2.52 bits per heavy atom. The second-order valence-corrected chi connectivity index (χ2v) is 7.46. The summed E-state index contributed by atoms with van der Waals surface area (Å²) >= 11 is 0. The zero-order chi connectivity index (χ0) is 22.4. The van der Waals surface area contributed by atoms with Crippen LogP contribution in [0, 0.1) is 5.82 Å². The lowest BCUT2D eigenvalue weighted by Crippen LogP contribution is -2.36. The van der Waals surface area contributed by atoms with Crippen molar-refractivity contribution in [2.45, 2.75) is 33.2 Å². The summed E-state index contributed by atoms with van der Waals surface area (Å²) in [5.41, 5.74) is 1.88. The predicted octanol–water partition coefficient (Wildman–Crippen LogP) is 4.83. The number of para-hydroxylation sites is 1. The molecule has 0 saturated carbocycles. The molecule has 5 nitrogen and oxygen atoms in total. The van der Waals surface area contributed by atoms with Gasteiger partial charge in [0.05, 0.1) is 5.56 Å². The van der Waals surface area contributed by atoms with Gasteiger partial charge in [-0.05, 0) is 37.6 Å². The van der Waals surface area contributed by atoms with E-state index in [0.717, 1.165) is 35.9 Å². The smallest absolute Gasteiger partial charge is 0.270 e. The normalized spacial score (nSPS) is 11.5. The second-order valence-electron chi connectivity index (χ2n) is 7.46. The van der Waals surface area contributed by atoms with Gasteiger partial charge in [0.1, 0.15) is 11.5 Å². The first-order chi connectivity index (χ1) is 15.0. The Labute approximate surface area is 182 Å². The van der Waals surface area contributed by atoms with Crippen LogP contribution in [0.15, 0.2) is 60.4 Å². The van der Waals surface area contributed by atoms with Gasteiger partial charge in [-0.3, -0.25) is 9.59 Å². The molecule has 3 aromatic rings. The van der Waals surface area contributed by atoms with Crippen molar-refractivity contribution in [1.29, 1.82) is 0 Å². The van der Waals surface area contributed by atoms with E-state index in [1.807, 2.05) is 37.4 Å². The molecule has 2 amide bonds. The molecule has 0 aliphatic heterocycles. The quantitative estimate of drug-likeness (QED) is 0.530. The van der Waals surface area contributed by atoms with Crippen molar-refractivity contribution in [1.82, 2.24) is 14.8 Å². The standard InChI is InChI=1S/C25H28FN3O2/c1-4-6-15-28(3)25(31)22(27-24(30)20-12-7-9-13-21(20)26)16-18-17-29(5-2)23-14-10-8-11-19(18)23/h7-14,16-17H,4-6,15H2,1-3H3,(H,27,30)/b22-16-. The number of aryl methyl sites for hydroxylation is 1. The summed E-state index contributed by atoms with van der Waals surface area (Å²) in [4.78, 5) is 27.5. The highest BCUT2D eigenvalue weighted by molar-refractivity contribution is 6.06. The number of amides is 2. The molecule has 0 radical (unpaired) electrons. The monoisotopic (exact) mass is 421 g/mol. The molecular weight excluding hydrogens is 393 g/mol.